The Hall–Kier alpha value is -4.09. The van der Waals surface area contributed by atoms with E-state index < -0.39 is 17.7 Å². The van der Waals surface area contributed by atoms with Crippen LogP contribution in [0.3, 0.4) is 0 Å². The number of hydrogen-bond acceptors (Lipinski definition) is 7. The molecule has 224 valence electrons. The van der Waals surface area contributed by atoms with Crippen LogP contribution >= 0.6 is 11.6 Å². The maximum absolute atomic E-state index is 15.6. The summed E-state index contributed by atoms with van der Waals surface area (Å²) in [5.41, 5.74) is 2.15. The summed E-state index contributed by atoms with van der Waals surface area (Å²) in [5, 5.41) is 19.5. The highest BCUT2D eigenvalue weighted by molar-refractivity contribution is 6.31. The van der Waals surface area contributed by atoms with E-state index in [1.807, 2.05) is 23.5 Å². The number of anilines is 1. The number of hydrogen-bond donors (Lipinski definition) is 3. The molecular formula is C31H33ClFN7O3. The van der Waals surface area contributed by atoms with Crippen molar-refractivity contribution in [3.63, 3.8) is 0 Å². The normalized spacial score (nSPS) is 20.7. The number of ether oxygens (including phenoxy) is 1. The van der Waals surface area contributed by atoms with Gasteiger partial charge in [0.15, 0.2) is 23.1 Å². The van der Waals surface area contributed by atoms with Crippen molar-refractivity contribution in [3.05, 3.63) is 70.8 Å². The number of morpholine rings is 1. The first-order chi connectivity index (χ1) is 20.8. The van der Waals surface area contributed by atoms with Gasteiger partial charge in [-0.3, -0.25) is 10.7 Å². The molecule has 2 aromatic heterocycles. The van der Waals surface area contributed by atoms with Crippen molar-refractivity contribution in [3.8, 4) is 11.3 Å². The van der Waals surface area contributed by atoms with E-state index in [1.165, 1.54) is 6.07 Å². The molecule has 3 N–H and O–H groups in total. The maximum Gasteiger partial charge on any atom is 0.410 e. The number of halogens is 2. The predicted molar refractivity (Wildman–Crippen MR) is 162 cm³/mol. The number of nitrogens with one attached hydrogen (secondary N) is 2. The highest BCUT2D eigenvalue weighted by Crippen LogP contribution is 2.39. The lowest BCUT2D eigenvalue weighted by Crippen LogP contribution is -2.41. The number of carbonyl (C=O) groups is 1. The van der Waals surface area contributed by atoms with E-state index in [4.69, 9.17) is 26.7 Å². The van der Waals surface area contributed by atoms with Gasteiger partial charge in [-0.25, -0.2) is 19.2 Å². The Labute approximate surface area is 253 Å². The molecule has 0 spiro atoms. The number of amides is 1. The molecule has 1 aliphatic heterocycles. The zero-order valence-electron chi connectivity index (χ0n) is 23.8. The van der Waals surface area contributed by atoms with Gasteiger partial charge in [-0.05, 0) is 42.4 Å². The minimum atomic E-state index is -1.43. The van der Waals surface area contributed by atoms with Crippen molar-refractivity contribution < 1.29 is 19.0 Å². The number of imidazole rings is 1. The zero-order chi connectivity index (χ0) is 30.1. The molecule has 12 heteroatoms. The second-order valence-electron chi connectivity index (χ2n) is 11.3. The lowest BCUT2D eigenvalue weighted by molar-refractivity contribution is 0.0927. The fourth-order valence-electron chi connectivity index (χ4n) is 6.13. The Morgan fingerprint density at radius 2 is 1.88 bits per heavy atom. The second kappa shape index (κ2) is 12.3. The summed E-state index contributed by atoms with van der Waals surface area (Å²) in [6.45, 7) is 4.45. The molecule has 10 nitrogen and oxygen atoms in total. The molecule has 2 aromatic carbocycles. The van der Waals surface area contributed by atoms with Crippen LogP contribution in [0.15, 0.2) is 48.5 Å². The number of fused-ring (bicyclic) bond motifs is 1. The van der Waals surface area contributed by atoms with Gasteiger partial charge in [-0.2, -0.15) is 4.98 Å². The first kappa shape index (κ1) is 29.0. The number of aromatic nitrogens is 4. The van der Waals surface area contributed by atoms with Gasteiger partial charge in [0.1, 0.15) is 11.2 Å². The fraction of sp³-hybridized carbons (Fsp3) is 0.387. The molecule has 1 saturated heterocycles. The quantitative estimate of drug-likeness (QED) is 0.174. The van der Waals surface area contributed by atoms with Crippen molar-refractivity contribution in [1.29, 1.82) is 5.41 Å². The number of amidine groups is 1. The summed E-state index contributed by atoms with van der Waals surface area (Å²) in [6, 6.07) is 14.6. The van der Waals surface area contributed by atoms with E-state index in [0.717, 1.165) is 31.2 Å². The molecular weight excluding hydrogens is 573 g/mol. The van der Waals surface area contributed by atoms with Gasteiger partial charge in [0, 0.05) is 18.7 Å². The van der Waals surface area contributed by atoms with Crippen LogP contribution in [0.5, 0.6) is 0 Å². The summed E-state index contributed by atoms with van der Waals surface area (Å²) in [5.74, 6) is 0.275. The molecule has 1 atom stereocenters. The molecule has 0 bridgehead atoms. The van der Waals surface area contributed by atoms with Crippen LogP contribution < -0.4 is 10.2 Å². The van der Waals surface area contributed by atoms with Gasteiger partial charge in [0.05, 0.1) is 24.3 Å². The molecule has 6 rings (SSSR count). The smallest absolute Gasteiger partial charge is 0.410 e. The molecule has 0 radical (unpaired) electrons. The van der Waals surface area contributed by atoms with Gasteiger partial charge >= 0.3 is 6.09 Å². The van der Waals surface area contributed by atoms with Gasteiger partial charge in [-0.15, -0.1) is 0 Å². The molecule has 2 fully saturated rings. The van der Waals surface area contributed by atoms with Gasteiger partial charge in [0.2, 0.25) is 5.95 Å². The van der Waals surface area contributed by atoms with Crippen molar-refractivity contribution in [2.45, 2.75) is 45.2 Å². The SMILES string of the molecule is CC1CCC(Cn2c(N3CCOC[C@H]3c3ccccc3)nc3nc(C(=N)NC(=O)O)nc(-c4cccc(Cl)c4F)c32)CC1. The Balaban J connectivity index is 1.59. The third-order valence-electron chi connectivity index (χ3n) is 8.39. The van der Waals surface area contributed by atoms with E-state index in [-0.39, 0.29) is 33.8 Å². The Kier molecular flexibility index (Phi) is 8.27. The van der Waals surface area contributed by atoms with Crippen LogP contribution in [-0.4, -0.2) is 56.3 Å². The number of benzene rings is 2. The van der Waals surface area contributed by atoms with Crippen LogP contribution in [0.1, 0.15) is 50.0 Å². The minimum absolute atomic E-state index is 0.0746. The average molecular weight is 606 g/mol. The highest BCUT2D eigenvalue weighted by atomic mass is 35.5. The molecule has 1 aliphatic carbocycles. The summed E-state index contributed by atoms with van der Waals surface area (Å²) in [6.07, 6.45) is 2.94. The first-order valence-corrected chi connectivity index (χ1v) is 14.9. The van der Waals surface area contributed by atoms with Crippen LogP contribution in [0, 0.1) is 23.1 Å². The molecule has 1 saturated carbocycles. The first-order valence-electron chi connectivity index (χ1n) is 14.5. The van der Waals surface area contributed by atoms with Crippen LogP contribution in [0.4, 0.5) is 15.1 Å². The number of rotatable bonds is 6. The summed E-state index contributed by atoms with van der Waals surface area (Å²) in [7, 11) is 0. The molecule has 3 heterocycles. The molecule has 4 aromatic rings. The topological polar surface area (TPSA) is 129 Å². The third-order valence-corrected chi connectivity index (χ3v) is 8.68. The van der Waals surface area contributed by atoms with Crippen molar-refractivity contribution in [1.82, 2.24) is 24.8 Å². The lowest BCUT2D eigenvalue weighted by atomic mass is 9.83. The second-order valence-corrected chi connectivity index (χ2v) is 11.7. The largest absolute Gasteiger partial charge is 0.465 e. The Bertz CT molecular complexity index is 1660. The fourth-order valence-corrected chi connectivity index (χ4v) is 6.30. The number of carboxylic acid groups (broad SMARTS) is 1. The van der Waals surface area contributed by atoms with E-state index >= 15 is 4.39 Å². The lowest BCUT2D eigenvalue weighted by Gasteiger charge is -2.37. The maximum atomic E-state index is 15.6. The number of nitrogens with zero attached hydrogens (tertiary/aromatic N) is 5. The minimum Gasteiger partial charge on any atom is -0.465 e. The van der Waals surface area contributed by atoms with E-state index in [1.54, 1.807) is 12.1 Å². The molecule has 43 heavy (non-hydrogen) atoms. The monoisotopic (exact) mass is 605 g/mol. The van der Waals surface area contributed by atoms with Crippen molar-refractivity contribution in [2.24, 2.45) is 11.8 Å². The van der Waals surface area contributed by atoms with E-state index in [9.17, 15) is 9.90 Å². The Morgan fingerprint density at radius 1 is 1.12 bits per heavy atom. The van der Waals surface area contributed by atoms with Gasteiger partial charge in [-0.1, -0.05) is 67.8 Å². The molecule has 1 amide bonds. The van der Waals surface area contributed by atoms with Gasteiger partial charge < -0.3 is 19.3 Å². The van der Waals surface area contributed by atoms with E-state index in [2.05, 4.69) is 38.5 Å². The van der Waals surface area contributed by atoms with Crippen LogP contribution in [0.25, 0.3) is 22.4 Å². The predicted octanol–water partition coefficient (Wildman–Crippen LogP) is 6.28. The molecule has 0 unspecified atom stereocenters. The van der Waals surface area contributed by atoms with Crippen LogP contribution in [0.2, 0.25) is 5.02 Å². The third kappa shape index (κ3) is 5.92. The summed E-state index contributed by atoms with van der Waals surface area (Å²) < 4.78 is 23.6. The Morgan fingerprint density at radius 3 is 2.63 bits per heavy atom. The summed E-state index contributed by atoms with van der Waals surface area (Å²) in [4.78, 5) is 27.7. The van der Waals surface area contributed by atoms with Crippen molar-refractivity contribution in [2.75, 3.05) is 24.7 Å². The highest BCUT2D eigenvalue weighted by Gasteiger charge is 2.33. The van der Waals surface area contributed by atoms with Crippen molar-refractivity contribution >= 4 is 40.6 Å². The van der Waals surface area contributed by atoms with E-state index in [0.29, 0.717) is 49.6 Å². The summed E-state index contributed by atoms with van der Waals surface area (Å²) >= 11 is 6.21. The zero-order valence-corrected chi connectivity index (χ0v) is 24.5. The standard InChI is InChI=1S/C31H33ClFN7O3/c1-18-10-12-19(13-11-18)16-40-26-25(21-8-5-9-22(32)24(21)33)35-29(27(34)36-31(41)42)37-28(26)38-30(40)39-14-15-43-17-23(39)20-6-3-2-4-7-20/h2-9,18-19,23H,10-17H2,1H3,(H2,34,36)(H,41,42)/t18?,19?,23-/m0/s1. The van der Waals surface area contributed by atoms with Gasteiger partial charge in [0.25, 0.3) is 0 Å². The average Bonchev–Trinajstić information content (AvgIpc) is 3.37. The van der Waals surface area contributed by atoms with Crippen LogP contribution in [-0.2, 0) is 11.3 Å². The molecule has 2 aliphatic rings.